The van der Waals surface area contributed by atoms with E-state index in [9.17, 15) is 17.6 Å². The van der Waals surface area contributed by atoms with Crippen LogP contribution in [0.3, 0.4) is 0 Å². The molecule has 2 aromatic carbocycles. The van der Waals surface area contributed by atoms with Gasteiger partial charge < -0.3 is 19.7 Å². The molecule has 8 nitrogen and oxygen atoms in total. The summed E-state index contributed by atoms with van der Waals surface area (Å²) in [6, 6.07) is 8.90. The minimum absolute atomic E-state index is 0.0700. The Bertz CT molecular complexity index is 1100. The summed E-state index contributed by atoms with van der Waals surface area (Å²) in [6.45, 7) is 3.42. The van der Waals surface area contributed by atoms with Gasteiger partial charge in [-0.25, -0.2) is 12.8 Å². The molecule has 4 rings (SSSR count). The van der Waals surface area contributed by atoms with Crippen LogP contribution in [0, 0.1) is 5.82 Å². The van der Waals surface area contributed by atoms with Crippen LogP contribution in [-0.2, 0) is 30.7 Å². The van der Waals surface area contributed by atoms with Crippen molar-refractivity contribution in [2.24, 2.45) is 0 Å². The van der Waals surface area contributed by atoms with Crippen molar-refractivity contribution in [3.63, 3.8) is 0 Å². The lowest BCUT2D eigenvalue weighted by atomic mass is 10.1. The van der Waals surface area contributed by atoms with E-state index in [1.807, 2.05) is 4.90 Å². The van der Waals surface area contributed by atoms with Crippen LogP contribution in [0.1, 0.15) is 5.56 Å². The summed E-state index contributed by atoms with van der Waals surface area (Å²) in [5.41, 5.74) is 1.09. The van der Waals surface area contributed by atoms with Gasteiger partial charge in [0.05, 0.1) is 49.1 Å². The molecular formula is C22H25ClFN3O5S. The summed E-state index contributed by atoms with van der Waals surface area (Å²) in [6.07, 6.45) is -0.283. The fourth-order valence-electron chi connectivity index (χ4n) is 3.85. The second-order valence-corrected chi connectivity index (χ2v) is 10.1. The van der Waals surface area contributed by atoms with E-state index < -0.39 is 21.7 Å². The van der Waals surface area contributed by atoms with Gasteiger partial charge in [-0.05, 0) is 30.3 Å². The van der Waals surface area contributed by atoms with Crippen molar-refractivity contribution in [2.45, 2.75) is 11.3 Å². The fourth-order valence-corrected chi connectivity index (χ4v) is 5.51. The van der Waals surface area contributed by atoms with Crippen molar-refractivity contribution >= 4 is 38.9 Å². The second-order valence-electron chi connectivity index (χ2n) is 7.72. The molecule has 0 unspecified atom stereocenters. The predicted octanol–water partition coefficient (Wildman–Crippen LogP) is 2.52. The van der Waals surface area contributed by atoms with Gasteiger partial charge in [0.1, 0.15) is 5.82 Å². The largest absolute Gasteiger partial charge is 0.379 e. The zero-order chi connectivity index (χ0) is 23.4. The molecule has 2 saturated heterocycles. The van der Waals surface area contributed by atoms with E-state index in [1.54, 1.807) is 12.1 Å². The summed E-state index contributed by atoms with van der Waals surface area (Å²) >= 11 is 6.06. The van der Waals surface area contributed by atoms with E-state index in [4.69, 9.17) is 21.1 Å². The molecule has 0 aliphatic carbocycles. The summed E-state index contributed by atoms with van der Waals surface area (Å²) in [5.74, 6) is -1.08. The van der Waals surface area contributed by atoms with Crippen LogP contribution in [0.4, 0.5) is 15.8 Å². The number of anilines is 2. The molecule has 2 heterocycles. The quantitative estimate of drug-likeness (QED) is 0.660. The molecule has 33 heavy (non-hydrogen) atoms. The number of carbonyl (C=O) groups excluding carboxylic acids is 1. The highest BCUT2D eigenvalue weighted by Gasteiger charge is 2.28. The molecule has 0 aromatic heterocycles. The lowest BCUT2D eigenvalue weighted by Crippen LogP contribution is -2.40. The maximum atomic E-state index is 14.2. The van der Waals surface area contributed by atoms with Gasteiger partial charge in [0.2, 0.25) is 15.9 Å². The van der Waals surface area contributed by atoms with Crippen molar-refractivity contribution in [1.82, 2.24) is 4.31 Å². The Labute approximate surface area is 197 Å². The molecule has 0 bridgehead atoms. The number of hydrogen-bond acceptors (Lipinski definition) is 6. The number of carbonyl (C=O) groups is 1. The first-order chi connectivity index (χ1) is 15.9. The summed E-state index contributed by atoms with van der Waals surface area (Å²) in [4.78, 5) is 14.9. The molecule has 11 heteroatoms. The Morgan fingerprint density at radius 2 is 1.70 bits per heavy atom. The van der Waals surface area contributed by atoms with E-state index in [0.717, 1.165) is 0 Å². The van der Waals surface area contributed by atoms with Gasteiger partial charge in [-0.1, -0.05) is 17.7 Å². The monoisotopic (exact) mass is 497 g/mol. The van der Waals surface area contributed by atoms with Crippen LogP contribution in [0.2, 0.25) is 5.02 Å². The number of benzene rings is 2. The van der Waals surface area contributed by atoms with Gasteiger partial charge in [-0.3, -0.25) is 4.79 Å². The zero-order valence-electron chi connectivity index (χ0n) is 17.9. The smallest absolute Gasteiger partial charge is 0.243 e. The van der Waals surface area contributed by atoms with Crippen LogP contribution >= 0.6 is 11.6 Å². The molecule has 2 aliphatic heterocycles. The summed E-state index contributed by atoms with van der Waals surface area (Å²) < 4.78 is 52.5. The lowest BCUT2D eigenvalue weighted by molar-refractivity contribution is -0.115. The number of nitrogens with zero attached hydrogens (tertiary/aromatic N) is 2. The van der Waals surface area contributed by atoms with Gasteiger partial charge in [0.15, 0.2) is 0 Å². The molecule has 0 saturated carbocycles. The second kappa shape index (κ2) is 10.4. The van der Waals surface area contributed by atoms with Gasteiger partial charge >= 0.3 is 0 Å². The molecule has 2 aliphatic rings. The number of hydrogen-bond donors (Lipinski definition) is 1. The third-order valence-corrected chi connectivity index (χ3v) is 7.85. The number of morpholine rings is 2. The standard InChI is InChI=1S/C22H25ClFN3O5S/c23-18-2-1-3-19(24)17(18)15-22(28)25-20-14-16(33(29,30)27-8-12-32-13-9-27)4-5-21(20)26-6-10-31-11-7-26/h1-5,14H,6-13,15H2,(H,25,28). The molecule has 2 aromatic rings. The minimum Gasteiger partial charge on any atom is -0.379 e. The number of ether oxygens (including phenoxy) is 2. The van der Waals surface area contributed by atoms with E-state index in [1.165, 1.54) is 28.6 Å². The van der Waals surface area contributed by atoms with Crippen LogP contribution in [-0.4, -0.2) is 71.2 Å². The molecule has 0 atom stereocenters. The topological polar surface area (TPSA) is 88.2 Å². The molecule has 1 amide bonds. The van der Waals surface area contributed by atoms with Gasteiger partial charge in [-0.15, -0.1) is 0 Å². The third kappa shape index (κ3) is 5.47. The molecule has 0 spiro atoms. The Balaban J connectivity index is 1.64. The molecule has 2 fully saturated rings. The van der Waals surface area contributed by atoms with E-state index in [2.05, 4.69) is 5.32 Å². The van der Waals surface area contributed by atoms with Crippen molar-refractivity contribution in [1.29, 1.82) is 0 Å². The first kappa shape index (κ1) is 23.9. The number of sulfonamides is 1. The Kier molecular flexibility index (Phi) is 7.50. The van der Waals surface area contributed by atoms with Gasteiger partial charge in [0, 0.05) is 36.8 Å². The van der Waals surface area contributed by atoms with Crippen molar-refractivity contribution in [3.8, 4) is 0 Å². The summed E-state index contributed by atoms with van der Waals surface area (Å²) in [7, 11) is -3.76. The highest BCUT2D eigenvalue weighted by Crippen LogP contribution is 2.31. The average Bonchev–Trinajstić information content (AvgIpc) is 2.82. The number of rotatable bonds is 6. The fraction of sp³-hybridized carbons (Fsp3) is 0.409. The maximum absolute atomic E-state index is 14.2. The van der Waals surface area contributed by atoms with Crippen LogP contribution < -0.4 is 10.2 Å². The highest BCUT2D eigenvalue weighted by molar-refractivity contribution is 7.89. The summed E-state index contributed by atoms with van der Waals surface area (Å²) in [5, 5.41) is 2.93. The maximum Gasteiger partial charge on any atom is 0.243 e. The third-order valence-electron chi connectivity index (χ3n) is 5.60. The highest BCUT2D eigenvalue weighted by atomic mass is 35.5. The minimum atomic E-state index is -3.76. The van der Waals surface area contributed by atoms with Crippen molar-refractivity contribution in [2.75, 3.05) is 62.8 Å². The number of amides is 1. The van der Waals surface area contributed by atoms with E-state index in [0.29, 0.717) is 50.9 Å². The molecule has 0 radical (unpaired) electrons. The zero-order valence-corrected chi connectivity index (χ0v) is 19.5. The van der Waals surface area contributed by atoms with Crippen LogP contribution in [0.15, 0.2) is 41.3 Å². The Morgan fingerprint density at radius 1 is 1.03 bits per heavy atom. The first-order valence-electron chi connectivity index (χ1n) is 10.6. The number of halogens is 2. The molecule has 178 valence electrons. The predicted molar refractivity (Wildman–Crippen MR) is 123 cm³/mol. The van der Waals surface area contributed by atoms with Crippen molar-refractivity contribution in [3.05, 3.63) is 52.8 Å². The SMILES string of the molecule is O=C(Cc1c(F)cccc1Cl)Nc1cc(S(=O)(=O)N2CCOCC2)ccc1N1CCOCC1. The average molecular weight is 498 g/mol. The lowest BCUT2D eigenvalue weighted by Gasteiger charge is -2.31. The molecule has 1 N–H and O–H groups in total. The van der Waals surface area contributed by atoms with Crippen LogP contribution in [0.5, 0.6) is 0 Å². The first-order valence-corrected chi connectivity index (χ1v) is 12.5. The van der Waals surface area contributed by atoms with Crippen molar-refractivity contribution < 1.29 is 27.1 Å². The normalized spacial score (nSPS) is 17.7. The van der Waals surface area contributed by atoms with E-state index in [-0.39, 0.29) is 35.0 Å². The van der Waals surface area contributed by atoms with Gasteiger partial charge in [0.25, 0.3) is 0 Å². The number of nitrogens with one attached hydrogen (secondary N) is 1. The van der Waals surface area contributed by atoms with E-state index >= 15 is 0 Å². The Hall–Kier alpha value is -2.24. The van der Waals surface area contributed by atoms with Crippen LogP contribution in [0.25, 0.3) is 0 Å². The molecular weight excluding hydrogens is 473 g/mol. The Morgan fingerprint density at radius 3 is 2.36 bits per heavy atom. The van der Waals surface area contributed by atoms with Gasteiger partial charge in [-0.2, -0.15) is 4.31 Å².